The minimum absolute atomic E-state index is 0.0805. The van der Waals surface area contributed by atoms with Crippen molar-refractivity contribution in [1.82, 2.24) is 5.32 Å². The Morgan fingerprint density at radius 3 is 2.53 bits per heavy atom. The van der Waals surface area contributed by atoms with Crippen molar-refractivity contribution >= 4 is 5.97 Å². The highest BCUT2D eigenvalue weighted by Gasteiger charge is 2.07. The van der Waals surface area contributed by atoms with Crippen LogP contribution >= 0.6 is 0 Å². The van der Waals surface area contributed by atoms with E-state index in [4.69, 9.17) is 4.74 Å². The molecule has 0 spiro atoms. The first-order valence-corrected chi connectivity index (χ1v) is 6.18. The van der Waals surface area contributed by atoms with Crippen molar-refractivity contribution in [3.05, 3.63) is 29.3 Å². The zero-order chi connectivity index (χ0) is 14.3. The summed E-state index contributed by atoms with van der Waals surface area (Å²) in [5, 5.41) is 12.5. The monoisotopic (exact) mass is 267 g/mol. The van der Waals surface area contributed by atoms with Crippen LogP contribution < -0.4 is 10.1 Å². The van der Waals surface area contributed by atoms with Crippen molar-refractivity contribution in [2.45, 2.75) is 20.0 Å². The number of aliphatic hydroxyl groups excluding tert-OH is 1. The zero-order valence-electron chi connectivity index (χ0n) is 11.6. The smallest absolute Gasteiger partial charge is 0.319 e. The van der Waals surface area contributed by atoms with Gasteiger partial charge < -0.3 is 19.9 Å². The van der Waals surface area contributed by atoms with E-state index >= 15 is 0 Å². The molecular weight excluding hydrogens is 246 g/mol. The minimum Gasteiger partial charge on any atom is -0.491 e. The number of nitrogens with one attached hydrogen (secondary N) is 1. The third-order valence-electron chi connectivity index (χ3n) is 2.51. The van der Waals surface area contributed by atoms with Crippen molar-refractivity contribution in [2.24, 2.45) is 0 Å². The molecule has 0 bridgehead atoms. The topological polar surface area (TPSA) is 67.8 Å². The number of aryl methyl sites for hydroxylation is 2. The Bertz CT molecular complexity index is 400. The molecule has 5 heteroatoms. The highest BCUT2D eigenvalue weighted by Crippen LogP contribution is 2.16. The lowest BCUT2D eigenvalue weighted by Gasteiger charge is -2.13. The van der Waals surface area contributed by atoms with Crippen LogP contribution in [0.15, 0.2) is 18.2 Å². The second-order valence-electron chi connectivity index (χ2n) is 4.50. The Morgan fingerprint density at radius 1 is 1.32 bits per heavy atom. The number of esters is 1. The molecule has 5 nitrogen and oxygen atoms in total. The highest BCUT2D eigenvalue weighted by molar-refractivity contribution is 5.71. The van der Waals surface area contributed by atoms with E-state index in [0.29, 0.717) is 0 Å². The van der Waals surface area contributed by atoms with Crippen molar-refractivity contribution < 1.29 is 19.4 Å². The summed E-state index contributed by atoms with van der Waals surface area (Å²) >= 11 is 0. The third-order valence-corrected chi connectivity index (χ3v) is 2.51. The molecule has 0 heterocycles. The third kappa shape index (κ3) is 6.22. The second-order valence-corrected chi connectivity index (χ2v) is 4.50. The molecule has 0 aromatic heterocycles. The summed E-state index contributed by atoms with van der Waals surface area (Å²) in [6.45, 7) is 4.52. The van der Waals surface area contributed by atoms with Crippen LogP contribution in [0, 0.1) is 13.8 Å². The SMILES string of the molecule is COC(=O)CNCC(O)COc1cc(C)cc(C)c1. The first-order valence-electron chi connectivity index (χ1n) is 6.18. The number of hydrogen-bond acceptors (Lipinski definition) is 5. The van der Waals surface area contributed by atoms with Gasteiger partial charge in [-0.05, 0) is 37.1 Å². The molecule has 106 valence electrons. The second kappa shape index (κ2) is 7.76. The predicted octanol–water partition coefficient (Wildman–Crippen LogP) is 0.806. The van der Waals surface area contributed by atoms with E-state index in [0.717, 1.165) is 16.9 Å². The van der Waals surface area contributed by atoms with Gasteiger partial charge in [-0.15, -0.1) is 0 Å². The van der Waals surface area contributed by atoms with E-state index in [2.05, 4.69) is 16.1 Å². The molecular formula is C14H21NO4. The standard InChI is InChI=1S/C14H21NO4/c1-10-4-11(2)6-13(5-10)19-9-12(16)7-15-8-14(17)18-3/h4-6,12,15-16H,7-9H2,1-3H3. The van der Waals surface area contributed by atoms with Gasteiger partial charge in [0.25, 0.3) is 0 Å². The Balaban J connectivity index is 2.29. The molecule has 2 N–H and O–H groups in total. The van der Waals surface area contributed by atoms with E-state index in [1.807, 2.05) is 26.0 Å². The molecule has 0 saturated carbocycles. The summed E-state index contributed by atoms with van der Waals surface area (Å²) in [6, 6.07) is 5.89. The molecule has 0 aliphatic heterocycles. The molecule has 0 amide bonds. The summed E-state index contributed by atoms with van der Waals surface area (Å²) in [5.74, 6) is 0.381. The summed E-state index contributed by atoms with van der Waals surface area (Å²) in [6.07, 6.45) is -0.675. The maximum absolute atomic E-state index is 10.8. The molecule has 19 heavy (non-hydrogen) atoms. The van der Waals surface area contributed by atoms with Crippen molar-refractivity contribution in [1.29, 1.82) is 0 Å². The first kappa shape index (κ1) is 15.5. The number of rotatable bonds is 7. The Hall–Kier alpha value is -1.59. The normalized spacial score (nSPS) is 12.0. The number of hydrogen-bond donors (Lipinski definition) is 2. The molecule has 1 unspecified atom stereocenters. The Labute approximate surface area is 113 Å². The highest BCUT2D eigenvalue weighted by atomic mass is 16.5. The maximum Gasteiger partial charge on any atom is 0.319 e. The predicted molar refractivity (Wildman–Crippen MR) is 72.3 cm³/mol. The van der Waals surface area contributed by atoms with Crippen LogP contribution in [0.4, 0.5) is 0 Å². The number of benzene rings is 1. The fourth-order valence-electron chi connectivity index (χ4n) is 1.68. The van der Waals surface area contributed by atoms with Gasteiger partial charge in [-0.1, -0.05) is 6.07 Å². The van der Waals surface area contributed by atoms with E-state index in [-0.39, 0.29) is 25.7 Å². The quantitative estimate of drug-likeness (QED) is 0.715. The Kier molecular flexibility index (Phi) is 6.32. The van der Waals surface area contributed by atoms with Gasteiger partial charge in [0.05, 0.1) is 13.7 Å². The summed E-state index contributed by atoms with van der Waals surface area (Å²) in [5.41, 5.74) is 2.24. The summed E-state index contributed by atoms with van der Waals surface area (Å²) < 4.78 is 9.98. The number of methoxy groups -OCH3 is 1. The first-order chi connectivity index (χ1) is 9.01. The van der Waals surface area contributed by atoms with E-state index in [1.54, 1.807) is 0 Å². The van der Waals surface area contributed by atoms with Crippen LogP contribution in [0.1, 0.15) is 11.1 Å². The van der Waals surface area contributed by atoms with Crippen molar-refractivity contribution in [2.75, 3.05) is 26.8 Å². The van der Waals surface area contributed by atoms with Gasteiger partial charge in [0, 0.05) is 6.54 Å². The van der Waals surface area contributed by atoms with Crippen molar-refractivity contribution in [3.8, 4) is 5.75 Å². The maximum atomic E-state index is 10.8. The molecule has 0 aliphatic carbocycles. The number of carbonyl (C=O) groups is 1. The summed E-state index contributed by atoms with van der Waals surface area (Å²) in [4.78, 5) is 10.8. The van der Waals surface area contributed by atoms with Gasteiger partial charge in [-0.25, -0.2) is 0 Å². The van der Waals surface area contributed by atoms with Crippen LogP contribution in [-0.2, 0) is 9.53 Å². The van der Waals surface area contributed by atoms with E-state index in [9.17, 15) is 9.90 Å². The fourth-order valence-corrected chi connectivity index (χ4v) is 1.68. The van der Waals surface area contributed by atoms with Crippen LogP contribution in [0.25, 0.3) is 0 Å². The minimum atomic E-state index is -0.675. The molecule has 1 atom stereocenters. The van der Waals surface area contributed by atoms with Gasteiger partial charge in [0.2, 0.25) is 0 Å². The van der Waals surface area contributed by atoms with E-state index < -0.39 is 6.10 Å². The van der Waals surface area contributed by atoms with Crippen molar-refractivity contribution in [3.63, 3.8) is 0 Å². The zero-order valence-corrected chi connectivity index (χ0v) is 11.6. The molecule has 1 aromatic carbocycles. The summed E-state index contributed by atoms with van der Waals surface area (Å²) in [7, 11) is 1.32. The van der Waals surface area contributed by atoms with Gasteiger partial charge in [-0.3, -0.25) is 4.79 Å². The average molecular weight is 267 g/mol. The largest absolute Gasteiger partial charge is 0.491 e. The van der Waals surface area contributed by atoms with Crippen LogP contribution in [-0.4, -0.2) is 44.0 Å². The van der Waals surface area contributed by atoms with E-state index in [1.165, 1.54) is 7.11 Å². The lowest BCUT2D eigenvalue weighted by Crippen LogP contribution is -2.34. The van der Waals surface area contributed by atoms with Crippen LogP contribution in [0.2, 0.25) is 0 Å². The van der Waals surface area contributed by atoms with Gasteiger partial charge in [0.15, 0.2) is 0 Å². The number of aliphatic hydroxyl groups is 1. The molecule has 1 aromatic rings. The fraction of sp³-hybridized carbons (Fsp3) is 0.500. The van der Waals surface area contributed by atoms with Crippen LogP contribution in [0.3, 0.4) is 0 Å². The number of ether oxygens (including phenoxy) is 2. The lowest BCUT2D eigenvalue weighted by atomic mass is 10.1. The molecule has 0 saturated heterocycles. The van der Waals surface area contributed by atoms with Gasteiger partial charge >= 0.3 is 5.97 Å². The molecule has 1 rings (SSSR count). The molecule has 0 aliphatic rings. The van der Waals surface area contributed by atoms with Gasteiger partial charge in [0.1, 0.15) is 18.5 Å². The average Bonchev–Trinajstić information content (AvgIpc) is 2.35. The molecule has 0 fully saturated rings. The number of carbonyl (C=O) groups excluding carboxylic acids is 1. The van der Waals surface area contributed by atoms with Gasteiger partial charge in [-0.2, -0.15) is 0 Å². The Morgan fingerprint density at radius 2 is 1.95 bits per heavy atom. The lowest BCUT2D eigenvalue weighted by molar-refractivity contribution is -0.139. The molecule has 0 radical (unpaired) electrons. The van der Waals surface area contributed by atoms with Crippen LogP contribution in [0.5, 0.6) is 5.75 Å².